The van der Waals surface area contributed by atoms with Crippen LogP contribution in [-0.2, 0) is 22.7 Å². The third-order valence-electron chi connectivity index (χ3n) is 5.34. The maximum absolute atomic E-state index is 12.5. The van der Waals surface area contributed by atoms with Crippen LogP contribution >= 0.6 is 0 Å². The molecule has 172 valence electrons. The summed E-state index contributed by atoms with van der Waals surface area (Å²) in [5.74, 6) is 0. The number of ether oxygens (including phenoxy) is 2. The standard InChI is InChI=1S/C24H32N4O4/c29-23(31-19-21-7-3-1-4-8-21)27-15-11-25-13-17-28(18-14-26-12-16-27)24(30)32-20-22-9-5-2-6-10-22/h1-10,25-26H,11-20H2/p+2. The molecule has 1 aliphatic heterocycles. The Bertz CT molecular complexity index is 738. The van der Waals surface area contributed by atoms with Crippen LogP contribution in [0.1, 0.15) is 11.1 Å². The molecule has 1 aliphatic rings. The van der Waals surface area contributed by atoms with Gasteiger partial charge in [-0.2, -0.15) is 0 Å². The van der Waals surface area contributed by atoms with Crippen LogP contribution in [0.3, 0.4) is 0 Å². The van der Waals surface area contributed by atoms with Gasteiger partial charge in [0.2, 0.25) is 0 Å². The van der Waals surface area contributed by atoms with Crippen molar-refractivity contribution in [3.05, 3.63) is 71.8 Å². The number of amides is 2. The fourth-order valence-electron chi connectivity index (χ4n) is 3.49. The molecule has 1 saturated heterocycles. The number of nitrogens with two attached hydrogens (primary N) is 2. The lowest BCUT2D eigenvalue weighted by atomic mass is 10.2. The summed E-state index contributed by atoms with van der Waals surface area (Å²) in [6.07, 6.45) is -0.558. The van der Waals surface area contributed by atoms with Gasteiger partial charge in [0, 0.05) is 0 Å². The molecule has 0 aromatic heterocycles. The molecule has 2 aromatic carbocycles. The molecule has 3 rings (SSSR count). The SMILES string of the molecule is O=C(OCc1ccccc1)N1CC[NH2+]CCN(C(=O)OCc2ccccc2)CC[NH2+]CC1. The molecule has 2 aromatic rings. The number of carbonyl (C=O) groups is 2. The lowest BCUT2D eigenvalue weighted by molar-refractivity contribution is -0.661. The fourth-order valence-corrected chi connectivity index (χ4v) is 3.49. The Labute approximate surface area is 189 Å². The van der Waals surface area contributed by atoms with Gasteiger partial charge in [0.05, 0.1) is 52.4 Å². The minimum atomic E-state index is -0.279. The molecule has 0 saturated carbocycles. The van der Waals surface area contributed by atoms with Crippen molar-refractivity contribution in [3.8, 4) is 0 Å². The Morgan fingerprint density at radius 3 is 1.31 bits per heavy atom. The largest absolute Gasteiger partial charge is 0.445 e. The van der Waals surface area contributed by atoms with Gasteiger partial charge in [-0.3, -0.25) is 9.80 Å². The molecule has 2 amide bonds. The monoisotopic (exact) mass is 442 g/mol. The number of quaternary nitrogens is 2. The van der Waals surface area contributed by atoms with Crippen LogP contribution in [0.5, 0.6) is 0 Å². The molecule has 32 heavy (non-hydrogen) atoms. The van der Waals surface area contributed by atoms with Crippen molar-refractivity contribution in [3.63, 3.8) is 0 Å². The van der Waals surface area contributed by atoms with E-state index in [0.717, 1.165) is 37.3 Å². The van der Waals surface area contributed by atoms with Crippen molar-refractivity contribution in [2.75, 3.05) is 52.4 Å². The van der Waals surface area contributed by atoms with Crippen LogP contribution in [0.15, 0.2) is 60.7 Å². The average molecular weight is 443 g/mol. The summed E-state index contributed by atoms with van der Waals surface area (Å²) in [7, 11) is 0. The summed E-state index contributed by atoms with van der Waals surface area (Å²) < 4.78 is 11.0. The van der Waals surface area contributed by atoms with E-state index in [9.17, 15) is 9.59 Å². The number of hydrogen-bond donors (Lipinski definition) is 2. The van der Waals surface area contributed by atoms with Gasteiger partial charge in [0.25, 0.3) is 0 Å². The fraction of sp³-hybridized carbons (Fsp3) is 0.417. The minimum absolute atomic E-state index is 0.279. The third-order valence-corrected chi connectivity index (χ3v) is 5.34. The second kappa shape index (κ2) is 13.3. The topological polar surface area (TPSA) is 92.3 Å². The number of rotatable bonds is 4. The van der Waals surface area contributed by atoms with Crippen LogP contribution in [0.4, 0.5) is 9.59 Å². The van der Waals surface area contributed by atoms with E-state index in [4.69, 9.17) is 9.47 Å². The summed E-state index contributed by atoms with van der Waals surface area (Å²) in [6, 6.07) is 19.4. The van der Waals surface area contributed by atoms with Crippen molar-refractivity contribution < 1.29 is 29.7 Å². The summed E-state index contributed by atoms with van der Waals surface area (Å²) in [5.41, 5.74) is 1.96. The van der Waals surface area contributed by atoms with E-state index >= 15 is 0 Å². The number of nitrogens with zero attached hydrogens (tertiary/aromatic N) is 2. The van der Waals surface area contributed by atoms with Crippen LogP contribution in [0.25, 0.3) is 0 Å². The zero-order valence-electron chi connectivity index (χ0n) is 18.5. The van der Waals surface area contributed by atoms with Crippen molar-refractivity contribution in [1.29, 1.82) is 0 Å². The zero-order chi connectivity index (χ0) is 22.4. The van der Waals surface area contributed by atoms with Gasteiger partial charge in [-0.1, -0.05) is 60.7 Å². The van der Waals surface area contributed by atoms with Crippen LogP contribution < -0.4 is 10.6 Å². The predicted octanol–water partition coefficient (Wildman–Crippen LogP) is 0.404. The molecule has 0 radical (unpaired) electrons. The van der Waals surface area contributed by atoms with E-state index < -0.39 is 0 Å². The summed E-state index contributed by atoms with van der Waals surface area (Å²) in [4.78, 5) is 28.6. The van der Waals surface area contributed by atoms with Gasteiger partial charge >= 0.3 is 12.2 Å². The third kappa shape index (κ3) is 8.20. The van der Waals surface area contributed by atoms with Crippen LogP contribution in [0, 0.1) is 0 Å². The van der Waals surface area contributed by atoms with E-state index in [1.165, 1.54) is 0 Å². The maximum atomic E-state index is 12.5. The van der Waals surface area contributed by atoms with Crippen molar-refractivity contribution in [1.82, 2.24) is 9.80 Å². The lowest BCUT2D eigenvalue weighted by Gasteiger charge is -2.24. The number of hydrogen-bond acceptors (Lipinski definition) is 4. The van der Waals surface area contributed by atoms with Crippen molar-refractivity contribution in [2.45, 2.75) is 13.2 Å². The zero-order valence-corrected chi connectivity index (χ0v) is 18.5. The molecule has 8 heteroatoms. The Morgan fingerprint density at radius 2 is 0.969 bits per heavy atom. The first-order valence-corrected chi connectivity index (χ1v) is 11.3. The van der Waals surface area contributed by atoms with Crippen LogP contribution in [-0.4, -0.2) is 74.3 Å². The molecule has 0 spiro atoms. The highest BCUT2D eigenvalue weighted by Gasteiger charge is 2.20. The highest BCUT2D eigenvalue weighted by atomic mass is 16.6. The second-order valence-electron chi connectivity index (χ2n) is 7.79. The first-order chi connectivity index (χ1) is 15.7. The Hall–Kier alpha value is -3.10. The van der Waals surface area contributed by atoms with E-state index in [-0.39, 0.29) is 25.4 Å². The van der Waals surface area contributed by atoms with Gasteiger partial charge in [-0.25, -0.2) is 9.59 Å². The first kappa shape index (κ1) is 23.6. The summed E-state index contributed by atoms with van der Waals surface area (Å²) in [6.45, 7) is 6.04. The molecule has 1 fully saturated rings. The van der Waals surface area contributed by atoms with E-state index in [2.05, 4.69) is 10.6 Å². The smallest absolute Gasteiger partial charge is 0.410 e. The Morgan fingerprint density at radius 1 is 0.625 bits per heavy atom. The number of benzene rings is 2. The van der Waals surface area contributed by atoms with E-state index in [1.54, 1.807) is 9.80 Å². The minimum Gasteiger partial charge on any atom is -0.445 e. The summed E-state index contributed by atoms with van der Waals surface area (Å²) >= 11 is 0. The van der Waals surface area contributed by atoms with Gasteiger partial charge in [0.1, 0.15) is 13.2 Å². The Kier molecular flexibility index (Phi) is 9.82. The van der Waals surface area contributed by atoms with Gasteiger partial charge in [-0.15, -0.1) is 0 Å². The lowest BCUT2D eigenvalue weighted by Crippen LogP contribution is -2.89. The molecule has 0 bridgehead atoms. The molecule has 1 heterocycles. The first-order valence-electron chi connectivity index (χ1n) is 11.3. The van der Waals surface area contributed by atoms with E-state index in [1.807, 2.05) is 60.7 Å². The highest BCUT2D eigenvalue weighted by Crippen LogP contribution is 2.04. The van der Waals surface area contributed by atoms with Crippen molar-refractivity contribution >= 4 is 12.2 Å². The van der Waals surface area contributed by atoms with Crippen molar-refractivity contribution in [2.24, 2.45) is 0 Å². The molecule has 8 nitrogen and oxygen atoms in total. The second-order valence-corrected chi connectivity index (χ2v) is 7.79. The molecule has 0 unspecified atom stereocenters. The Balaban J connectivity index is 1.42. The molecular formula is C24H34N4O4+2. The molecule has 0 aliphatic carbocycles. The molecule has 4 N–H and O–H groups in total. The highest BCUT2D eigenvalue weighted by molar-refractivity contribution is 5.68. The van der Waals surface area contributed by atoms with E-state index in [0.29, 0.717) is 26.2 Å². The summed E-state index contributed by atoms with van der Waals surface area (Å²) in [5, 5.41) is 4.25. The van der Waals surface area contributed by atoms with Gasteiger partial charge in [-0.05, 0) is 11.1 Å². The predicted molar refractivity (Wildman–Crippen MR) is 120 cm³/mol. The van der Waals surface area contributed by atoms with Gasteiger partial charge in [0.15, 0.2) is 0 Å². The molecule has 0 atom stereocenters. The quantitative estimate of drug-likeness (QED) is 0.717. The number of carbonyl (C=O) groups excluding carboxylic acids is 2. The molecular weight excluding hydrogens is 408 g/mol. The normalized spacial score (nSPS) is 15.9. The average Bonchev–Trinajstić information content (AvgIpc) is 2.82. The van der Waals surface area contributed by atoms with Crippen LogP contribution in [0.2, 0.25) is 0 Å². The maximum Gasteiger partial charge on any atom is 0.410 e. The van der Waals surface area contributed by atoms with Gasteiger partial charge < -0.3 is 20.1 Å².